The Hall–Kier alpha value is -1.37. The molecule has 0 aromatic heterocycles. The van der Waals surface area contributed by atoms with Gasteiger partial charge >= 0.3 is 12.3 Å². The summed E-state index contributed by atoms with van der Waals surface area (Å²) in [5, 5.41) is 0. The minimum Gasteiger partial charge on any atom is -0.494 e. The first-order chi connectivity index (χ1) is 9.22. The van der Waals surface area contributed by atoms with Crippen LogP contribution in [-0.2, 0) is 4.74 Å². The zero-order valence-corrected chi connectivity index (χ0v) is 11.0. The van der Waals surface area contributed by atoms with Crippen LogP contribution in [0.3, 0.4) is 0 Å². The van der Waals surface area contributed by atoms with Gasteiger partial charge in [-0.25, -0.2) is 0 Å². The highest BCUT2D eigenvalue weighted by molar-refractivity contribution is 5.31. The first-order valence-corrected chi connectivity index (χ1v) is 6.03. The molecule has 0 bridgehead atoms. The minimum atomic E-state index is -5.12. The second-order valence-electron chi connectivity index (χ2n) is 3.97. The molecule has 0 heterocycles. The molecule has 0 amide bonds. The average Bonchev–Trinajstić information content (AvgIpc) is 2.29. The summed E-state index contributed by atoms with van der Waals surface area (Å²) in [4.78, 5) is 0. The molecule has 0 aliphatic heterocycles. The summed E-state index contributed by atoms with van der Waals surface area (Å²) < 4.78 is 74.8. The first-order valence-electron chi connectivity index (χ1n) is 6.03. The molecular formula is C13H15F5O2. The number of ether oxygens (including phenoxy) is 2. The number of rotatable bonds is 6. The van der Waals surface area contributed by atoms with Gasteiger partial charge in [-0.3, -0.25) is 0 Å². The molecule has 114 valence electrons. The van der Waals surface area contributed by atoms with Gasteiger partial charge in [0.1, 0.15) is 5.75 Å². The van der Waals surface area contributed by atoms with Crippen molar-refractivity contribution >= 4 is 0 Å². The van der Waals surface area contributed by atoms with E-state index in [0.29, 0.717) is 12.4 Å². The van der Waals surface area contributed by atoms with Gasteiger partial charge in [0.2, 0.25) is 0 Å². The summed E-state index contributed by atoms with van der Waals surface area (Å²) in [5.41, 5.74) is -0.570. The maximum Gasteiger partial charge on any atom is 0.404 e. The maximum atomic E-state index is 13.5. The van der Waals surface area contributed by atoms with Crippen LogP contribution in [0.25, 0.3) is 0 Å². The maximum absolute atomic E-state index is 13.5. The SMILES string of the molecule is CCOc1ccc(C(C(F)(F)F)C(F)(F)OCC)cc1. The molecule has 0 saturated carbocycles. The zero-order valence-electron chi connectivity index (χ0n) is 11.0. The fourth-order valence-corrected chi connectivity index (χ4v) is 1.77. The third-order valence-electron chi connectivity index (χ3n) is 2.52. The van der Waals surface area contributed by atoms with E-state index < -0.39 is 30.4 Å². The van der Waals surface area contributed by atoms with Crippen LogP contribution in [-0.4, -0.2) is 25.5 Å². The number of benzene rings is 1. The lowest BCUT2D eigenvalue weighted by molar-refractivity contribution is -0.308. The number of hydrogen-bond donors (Lipinski definition) is 0. The molecule has 0 aliphatic rings. The van der Waals surface area contributed by atoms with Crippen molar-refractivity contribution in [3.05, 3.63) is 29.8 Å². The van der Waals surface area contributed by atoms with Gasteiger partial charge in [-0.2, -0.15) is 22.0 Å². The molecule has 1 atom stereocenters. The molecule has 1 aromatic rings. The van der Waals surface area contributed by atoms with E-state index in [4.69, 9.17) is 4.74 Å². The standard InChI is InChI=1S/C13H15F5O2/c1-3-19-10-7-5-9(6-8-10)11(12(14,15)16)13(17,18)20-4-2/h5-8,11H,3-4H2,1-2H3. The highest BCUT2D eigenvalue weighted by Gasteiger charge is 2.57. The lowest BCUT2D eigenvalue weighted by atomic mass is 9.97. The van der Waals surface area contributed by atoms with Crippen molar-refractivity contribution < 1.29 is 31.4 Å². The van der Waals surface area contributed by atoms with E-state index in [-0.39, 0.29) is 0 Å². The molecule has 1 unspecified atom stereocenters. The van der Waals surface area contributed by atoms with E-state index in [1.807, 2.05) is 0 Å². The predicted molar refractivity (Wildman–Crippen MR) is 63.0 cm³/mol. The van der Waals surface area contributed by atoms with Crippen LogP contribution in [0, 0.1) is 0 Å². The Labute approximate surface area is 113 Å². The van der Waals surface area contributed by atoms with Crippen molar-refractivity contribution in [1.82, 2.24) is 0 Å². The molecule has 1 aromatic carbocycles. The Bertz CT molecular complexity index is 414. The van der Waals surface area contributed by atoms with E-state index >= 15 is 0 Å². The lowest BCUT2D eigenvalue weighted by Crippen LogP contribution is -2.39. The first kappa shape index (κ1) is 16.7. The minimum absolute atomic E-state index is 0.317. The van der Waals surface area contributed by atoms with Crippen molar-refractivity contribution in [3.8, 4) is 5.75 Å². The topological polar surface area (TPSA) is 18.5 Å². The van der Waals surface area contributed by atoms with Gasteiger partial charge in [-0.15, -0.1) is 0 Å². The monoisotopic (exact) mass is 298 g/mol. The molecule has 0 aliphatic carbocycles. The van der Waals surface area contributed by atoms with Crippen molar-refractivity contribution in [3.63, 3.8) is 0 Å². The van der Waals surface area contributed by atoms with E-state index in [1.165, 1.54) is 19.1 Å². The van der Waals surface area contributed by atoms with E-state index in [1.54, 1.807) is 6.92 Å². The summed E-state index contributed by atoms with van der Waals surface area (Å²) in [7, 11) is 0. The Morgan fingerprint density at radius 2 is 1.50 bits per heavy atom. The van der Waals surface area contributed by atoms with Crippen LogP contribution in [0.5, 0.6) is 5.75 Å². The van der Waals surface area contributed by atoms with E-state index in [9.17, 15) is 22.0 Å². The predicted octanol–water partition coefficient (Wildman–Crippen LogP) is 4.36. The third-order valence-corrected chi connectivity index (χ3v) is 2.52. The molecule has 0 radical (unpaired) electrons. The Kier molecular flexibility index (Phi) is 5.33. The second-order valence-corrected chi connectivity index (χ2v) is 3.97. The van der Waals surface area contributed by atoms with Gasteiger partial charge in [-0.1, -0.05) is 12.1 Å². The van der Waals surface area contributed by atoms with Crippen LogP contribution in [0.1, 0.15) is 25.3 Å². The largest absolute Gasteiger partial charge is 0.494 e. The number of alkyl halides is 5. The molecule has 20 heavy (non-hydrogen) atoms. The fraction of sp³-hybridized carbons (Fsp3) is 0.538. The van der Waals surface area contributed by atoms with Crippen LogP contribution >= 0.6 is 0 Å². The fourth-order valence-electron chi connectivity index (χ4n) is 1.77. The van der Waals surface area contributed by atoms with Gasteiger partial charge in [-0.05, 0) is 31.5 Å². The zero-order chi connectivity index (χ0) is 15.4. The van der Waals surface area contributed by atoms with Gasteiger partial charge in [0.25, 0.3) is 0 Å². The summed E-state index contributed by atoms with van der Waals surface area (Å²) >= 11 is 0. The molecule has 0 saturated heterocycles. The highest BCUT2D eigenvalue weighted by atomic mass is 19.4. The van der Waals surface area contributed by atoms with Crippen molar-refractivity contribution in [2.24, 2.45) is 0 Å². The second kappa shape index (κ2) is 6.39. The molecule has 0 fully saturated rings. The van der Waals surface area contributed by atoms with Crippen LogP contribution in [0.4, 0.5) is 22.0 Å². The summed E-state index contributed by atoms with van der Waals surface area (Å²) in [5.74, 6) is -2.69. The normalized spacial score (nSPS) is 14.2. The Morgan fingerprint density at radius 3 is 1.90 bits per heavy atom. The summed E-state index contributed by atoms with van der Waals surface area (Å²) in [6.07, 6.45) is -9.44. The molecule has 0 N–H and O–H groups in total. The van der Waals surface area contributed by atoms with Crippen LogP contribution < -0.4 is 4.74 Å². The van der Waals surface area contributed by atoms with E-state index in [0.717, 1.165) is 12.1 Å². The quantitative estimate of drug-likeness (QED) is 0.726. The molecule has 1 rings (SSSR count). The van der Waals surface area contributed by atoms with Crippen molar-refractivity contribution in [2.45, 2.75) is 32.1 Å². The van der Waals surface area contributed by atoms with Crippen molar-refractivity contribution in [2.75, 3.05) is 13.2 Å². The number of hydrogen-bond acceptors (Lipinski definition) is 2. The molecular weight excluding hydrogens is 283 g/mol. The smallest absolute Gasteiger partial charge is 0.404 e. The van der Waals surface area contributed by atoms with Gasteiger partial charge in [0.05, 0.1) is 13.2 Å². The molecule has 0 spiro atoms. The van der Waals surface area contributed by atoms with Gasteiger partial charge in [0.15, 0.2) is 5.92 Å². The van der Waals surface area contributed by atoms with Crippen molar-refractivity contribution in [1.29, 1.82) is 0 Å². The Morgan fingerprint density at radius 1 is 0.950 bits per heavy atom. The Balaban J connectivity index is 3.12. The average molecular weight is 298 g/mol. The van der Waals surface area contributed by atoms with E-state index in [2.05, 4.69) is 4.74 Å². The van der Waals surface area contributed by atoms with Crippen LogP contribution in [0.2, 0.25) is 0 Å². The summed E-state index contributed by atoms with van der Waals surface area (Å²) in [6, 6.07) is 4.38. The third kappa shape index (κ3) is 4.06. The molecule has 2 nitrogen and oxygen atoms in total. The summed E-state index contributed by atoms with van der Waals surface area (Å²) in [6.45, 7) is 2.73. The van der Waals surface area contributed by atoms with Crippen LogP contribution in [0.15, 0.2) is 24.3 Å². The lowest BCUT2D eigenvalue weighted by Gasteiger charge is -2.28. The molecule has 7 heteroatoms. The van der Waals surface area contributed by atoms with Gasteiger partial charge in [0, 0.05) is 0 Å². The number of halogens is 5. The van der Waals surface area contributed by atoms with Gasteiger partial charge < -0.3 is 9.47 Å². The highest BCUT2D eigenvalue weighted by Crippen LogP contribution is 2.46.